The molecule has 0 spiro atoms. The topological polar surface area (TPSA) is 50.9 Å². The van der Waals surface area contributed by atoms with E-state index in [9.17, 15) is 0 Å². The van der Waals surface area contributed by atoms with Crippen LogP contribution in [0.2, 0.25) is 0 Å². The number of hydrogen-bond acceptors (Lipinski definition) is 3. The van der Waals surface area contributed by atoms with E-state index < -0.39 is 0 Å². The quantitative estimate of drug-likeness (QED) is 0.713. The molecule has 2 rings (SSSR count). The van der Waals surface area contributed by atoms with Crippen molar-refractivity contribution in [1.82, 2.24) is 14.8 Å². The first-order valence-electron chi connectivity index (χ1n) is 4.37. The van der Waals surface area contributed by atoms with Crippen LogP contribution in [-0.4, -0.2) is 19.9 Å². The van der Waals surface area contributed by atoms with Gasteiger partial charge in [-0.2, -0.15) is 5.10 Å². The van der Waals surface area contributed by atoms with Gasteiger partial charge < -0.3 is 5.11 Å². The van der Waals surface area contributed by atoms with Crippen molar-refractivity contribution in [3.05, 3.63) is 12.2 Å². The van der Waals surface area contributed by atoms with Crippen LogP contribution in [0.15, 0.2) is 6.33 Å². The van der Waals surface area contributed by atoms with Gasteiger partial charge in [0.15, 0.2) is 5.82 Å². The van der Waals surface area contributed by atoms with Crippen molar-refractivity contribution in [2.75, 3.05) is 0 Å². The molecule has 0 bridgehead atoms. The molecule has 0 aromatic carbocycles. The molecule has 1 aromatic heterocycles. The summed E-state index contributed by atoms with van der Waals surface area (Å²) >= 11 is 0. The molecule has 4 nitrogen and oxygen atoms in total. The van der Waals surface area contributed by atoms with E-state index in [1.165, 1.54) is 25.6 Å². The molecule has 0 radical (unpaired) electrons. The minimum atomic E-state index is -0.00926. The third kappa shape index (κ3) is 1.64. The fourth-order valence-electron chi connectivity index (χ4n) is 1.31. The molecule has 0 saturated heterocycles. The molecule has 0 aliphatic heterocycles. The van der Waals surface area contributed by atoms with Crippen LogP contribution in [0.1, 0.15) is 25.1 Å². The summed E-state index contributed by atoms with van der Waals surface area (Å²) in [5.74, 6) is 1.58. The maximum absolute atomic E-state index is 8.86. The fraction of sp³-hybridized carbons (Fsp3) is 0.750. The first kappa shape index (κ1) is 7.73. The Morgan fingerprint density at radius 3 is 3.08 bits per heavy atom. The molecular formula is C8H13N3O. The number of nitrogens with zero attached hydrogens (tertiary/aromatic N) is 3. The average Bonchev–Trinajstić information content (AvgIpc) is 2.81. The van der Waals surface area contributed by atoms with Crippen molar-refractivity contribution in [2.45, 2.75) is 32.4 Å². The highest BCUT2D eigenvalue weighted by Gasteiger charge is 2.21. The van der Waals surface area contributed by atoms with Crippen molar-refractivity contribution in [3.63, 3.8) is 0 Å². The second-order valence-corrected chi connectivity index (χ2v) is 3.29. The van der Waals surface area contributed by atoms with E-state index in [1.807, 2.05) is 0 Å². The Balaban J connectivity index is 1.91. The lowest BCUT2D eigenvalue weighted by Crippen LogP contribution is -2.06. The number of rotatable bonds is 4. The molecule has 12 heavy (non-hydrogen) atoms. The van der Waals surface area contributed by atoms with Gasteiger partial charge in [0.05, 0.1) is 0 Å². The number of aromatic nitrogens is 3. The van der Waals surface area contributed by atoms with Gasteiger partial charge >= 0.3 is 0 Å². The lowest BCUT2D eigenvalue weighted by atomic mass is 10.3. The maximum atomic E-state index is 8.86. The van der Waals surface area contributed by atoms with Crippen LogP contribution in [0.25, 0.3) is 0 Å². The molecule has 1 aromatic rings. The molecule has 1 N–H and O–H groups in total. The molecule has 0 unspecified atom stereocenters. The highest BCUT2D eigenvalue weighted by molar-refractivity contribution is 4.82. The molecule has 1 aliphatic rings. The summed E-state index contributed by atoms with van der Waals surface area (Å²) in [6.45, 7) is 0.894. The van der Waals surface area contributed by atoms with E-state index in [-0.39, 0.29) is 6.61 Å². The third-order valence-corrected chi connectivity index (χ3v) is 2.28. The van der Waals surface area contributed by atoms with Gasteiger partial charge in [-0.05, 0) is 12.3 Å². The highest BCUT2D eigenvalue weighted by Crippen LogP contribution is 2.32. The van der Waals surface area contributed by atoms with Gasteiger partial charge in [-0.25, -0.2) is 9.67 Å². The SMILES string of the molecule is OCc1ncnn1CCC1CC1. The smallest absolute Gasteiger partial charge is 0.152 e. The predicted octanol–water partition coefficient (Wildman–Crippen LogP) is 0.571. The highest BCUT2D eigenvalue weighted by atomic mass is 16.3. The summed E-state index contributed by atoms with van der Waals surface area (Å²) in [5, 5.41) is 12.9. The number of aryl methyl sites for hydroxylation is 1. The molecule has 1 fully saturated rings. The lowest BCUT2D eigenvalue weighted by Gasteiger charge is -2.01. The van der Waals surface area contributed by atoms with Crippen LogP contribution in [0.4, 0.5) is 0 Å². The van der Waals surface area contributed by atoms with Crippen LogP contribution in [0.3, 0.4) is 0 Å². The van der Waals surface area contributed by atoms with Gasteiger partial charge in [-0.1, -0.05) is 12.8 Å². The van der Waals surface area contributed by atoms with E-state index in [0.29, 0.717) is 5.82 Å². The zero-order valence-corrected chi connectivity index (χ0v) is 6.98. The Morgan fingerprint density at radius 2 is 2.42 bits per heavy atom. The third-order valence-electron chi connectivity index (χ3n) is 2.28. The van der Waals surface area contributed by atoms with Gasteiger partial charge in [0.2, 0.25) is 0 Å². The number of aliphatic hydroxyl groups is 1. The summed E-state index contributed by atoms with van der Waals surface area (Å²) in [6, 6.07) is 0. The van der Waals surface area contributed by atoms with Crippen LogP contribution in [-0.2, 0) is 13.2 Å². The Bertz CT molecular complexity index is 255. The van der Waals surface area contributed by atoms with E-state index in [2.05, 4.69) is 10.1 Å². The normalized spacial score (nSPS) is 16.8. The fourth-order valence-corrected chi connectivity index (χ4v) is 1.31. The van der Waals surface area contributed by atoms with Crippen molar-refractivity contribution < 1.29 is 5.11 Å². The zero-order chi connectivity index (χ0) is 8.39. The van der Waals surface area contributed by atoms with Crippen molar-refractivity contribution in [3.8, 4) is 0 Å². The molecule has 0 amide bonds. The van der Waals surface area contributed by atoms with Gasteiger partial charge in [-0.15, -0.1) is 0 Å². The number of aliphatic hydroxyl groups excluding tert-OH is 1. The second-order valence-electron chi connectivity index (χ2n) is 3.29. The van der Waals surface area contributed by atoms with Crippen LogP contribution in [0.5, 0.6) is 0 Å². The maximum Gasteiger partial charge on any atom is 0.152 e. The van der Waals surface area contributed by atoms with Crippen LogP contribution < -0.4 is 0 Å². The molecule has 4 heteroatoms. The summed E-state index contributed by atoms with van der Waals surface area (Å²) in [7, 11) is 0. The Morgan fingerprint density at radius 1 is 1.58 bits per heavy atom. The first-order valence-corrected chi connectivity index (χ1v) is 4.37. The minimum Gasteiger partial charge on any atom is -0.388 e. The largest absolute Gasteiger partial charge is 0.388 e. The van der Waals surface area contributed by atoms with Crippen LogP contribution in [0, 0.1) is 5.92 Å². The van der Waals surface area contributed by atoms with Gasteiger partial charge in [0.25, 0.3) is 0 Å². The van der Waals surface area contributed by atoms with Crippen molar-refractivity contribution in [2.24, 2.45) is 5.92 Å². The predicted molar refractivity (Wildman–Crippen MR) is 43.3 cm³/mol. The van der Waals surface area contributed by atoms with Gasteiger partial charge in [-0.3, -0.25) is 0 Å². The molecule has 1 aliphatic carbocycles. The van der Waals surface area contributed by atoms with E-state index in [0.717, 1.165) is 12.5 Å². The van der Waals surface area contributed by atoms with Crippen LogP contribution >= 0.6 is 0 Å². The average molecular weight is 167 g/mol. The Kier molecular flexibility index (Phi) is 2.08. The van der Waals surface area contributed by atoms with E-state index in [4.69, 9.17) is 5.11 Å². The van der Waals surface area contributed by atoms with Crippen molar-refractivity contribution in [1.29, 1.82) is 0 Å². The standard InChI is InChI=1S/C8H13N3O/c12-5-8-9-6-10-11(8)4-3-7-1-2-7/h6-7,12H,1-5H2. The summed E-state index contributed by atoms with van der Waals surface area (Å²) in [4.78, 5) is 3.93. The molecule has 66 valence electrons. The summed E-state index contributed by atoms with van der Waals surface area (Å²) < 4.78 is 1.79. The Labute approximate surface area is 71.2 Å². The van der Waals surface area contributed by atoms with Gasteiger partial charge in [0.1, 0.15) is 12.9 Å². The Hall–Kier alpha value is -0.900. The number of hydrogen-bond donors (Lipinski definition) is 1. The van der Waals surface area contributed by atoms with Crippen molar-refractivity contribution >= 4 is 0 Å². The first-order chi connectivity index (χ1) is 5.90. The monoisotopic (exact) mass is 167 g/mol. The molecular weight excluding hydrogens is 154 g/mol. The molecule has 0 atom stereocenters. The van der Waals surface area contributed by atoms with E-state index >= 15 is 0 Å². The minimum absolute atomic E-state index is 0.00926. The summed E-state index contributed by atoms with van der Waals surface area (Å²) in [5.41, 5.74) is 0. The van der Waals surface area contributed by atoms with E-state index in [1.54, 1.807) is 4.68 Å². The lowest BCUT2D eigenvalue weighted by molar-refractivity contribution is 0.261. The summed E-state index contributed by atoms with van der Waals surface area (Å²) in [6.07, 6.45) is 5.40. The zero-order valence-electron chi connectivity index (χ0n) is 6.98. The molecule has 1 heterocycles. The second kappa shape index (κ2) is 3.23. The van der Waals surface area contributed by atoms with Gasteiger partial charge in [0, 0.05) is 6.54 Å². The molecule has 1 saturated carbocycles.